The van der Waals surface area contributed by atoms with Crippen molar-refractivity contribution in [2.24, 2.45) is 0 Å². The highest BCUT2D eigenvalue weighted by molar-refractivity contribution is 7.98. The summed E-state index contributed by atoms with van der Waals surface area (Å²) in [5, 5.41) is 9.56. The summed E-state index contributed by atoms with van der Waals surface area (Å²) in [6.07, 6.45) is 0. The number of rotatable bonds is 6. The number of carbonyl (C=O) groups is 1. The second-order valence-electron chi connectivity index (χ2n) is 6.13. The summed E-state index contributed by atoms with van der Waals surface area (Å²) in [6, 6.07) is 9.64. The fourth-order valence-electron chi connectivity index (χ4n) is 2.79. The van der Waals surface area contributed by atoms with Gasteiger partial charge in [-0.15, -0.1) is 23.1 Å². The Bertz CT molecular complexity index is 1130. The Balaban J connectivity index is 1.88. The first-order valence-corrected chi connectivity index (χ1v) is 10.6. The quantitative estimate of drug-likeness (QED) is 0.604. The number of benzene rings is 1. The van der Waals surface area contributed by atoms with Crippen LogP contribution in [0.2, 0.25) is 0 Å². The van der Waals surface area contributed by atoms with Crippen LogP contribution in [0, 0.1) is 18.3 Å². The van der Waals surface area contributed by atoms with E-state index >= 15 is 0 Å². The molecule has 0 aliphatic rings. The average Bonchev–Trinajstić information content (AvgIpc) is 3.03. The van der Waals surface area contributed by atoms with Gasteiger partial charge in [-0.05, 0) is 38.0 Å². The van der Waals surface area contributed by atoms with Gasteiger partial charge in [-0.25, -0.2) is 9.78 Å². The van der Waals surface area contributed by atoms with E-state index in [9.17, 15) is 14.9 Å². The molecule has 0 unspecified atom stereocenters. The van der Waals surface area contributed by atoms with E-state index < -0.39 is 5.97 Å². The second kappa shape index (κ2) is 8.59. The third-order valence-electron chi connectivity index (χ3n) is 4.29. The first kappa shape index (κ1) is 20.1. The topological polar surface area (TPSA) is 95.8 Å². The maximum atomic E-state index is 12.6. The molecular formula is C20H19N3O3S2. The van der Waals surface area contributed by atoms with E-state index in [1.165, 1.54) is 11.3 Å². The van der Waals surface area contributed by atoms with Gasteiger partial charge in [0, 0.05) is 5.75 Å². The number of hydrogen-bond acceptors (Lipinski definition) is 7. The molecule has 0 amide bonds. The number of thioether (sulfide) groups is 1. The van der Waals surface area contributed by atoms with E-state index in [4.69, 9.17) is 4.74 Å². The van der Waals surface area contributed by atoms with Crippen molar-refractivity contribution in [3.63, 3.8) is 0 Å². The second-order valence-corrected chi connectivity index (χ2v) is 8.46. The third-order valence-corrected chi connectivity index (χ3v) is 6.66. The normalized spacial score (nSPS) is 11.9. The minimum Gasteiger partial charge on any atom is -0.462 e. The molecule has 0 saturated heterocycles. The zero-order valence-electron chi connectivity index (χ0n) is 15.7. The number of esters is 1. The molecule has 1 aromatic carbocycles. The number of fused-ring (bicyclic) bond motifs is 1. The number of nitriles is 1. The highest BCUT2D eigenvalue weighted by Crippen LogP contribution is 2.32. The van der Waals surface area contributed by atoms with Crippen LogP contribution in [-0.4, -0.2) is 22.5 Å². The number of aromatic nitrogens is 2. The summed E-state index contributed by atoms with van der Waals surface area (Å²) in [4.78, 5) is 33.1. The lowest BCUT2D eigenvalue weighted by Crippen LogP contribution is -2.13. The largest absolute Gasteiger partial charge is 0.462 e. The lowest BCUT2D eigenvalue weighted by Gasteiger charge is -2.11. The van der Waals surface area contributed by atoms with Gasteiger partial charge in [-0.2, -0.15) is 5.26 Å². The van der Waals surface area contributed by atoms with Crippen LogP contribution >= 0.6 is 23.1 Å². The van der Waals surface area contributed by atoms with Gasteiger partial charge in [0.1, 0.15) is 15.5 Å². The SMILES string of the molecule is CCOC(=O)c1sc2nc([C@H](C)SCc3ccccc3C#N)[nH]c(=O)c2c1C. The molecule has 1 N–H and O–H groups in total. The molecule has 1 atom stereocenters. The molecule has 0 aliphatic heterocycles. The van der Waals surface area contributed by atoms with Gasteiger partial charge in [0.25, 0.3) is 5.56 Å². The zero-order valence-corrected chi connectivity index (χ0v) is 17.4. The summed E-state index contributed by atoms with van der Waals surface area (Å²) in [5.74, 6) is 0.748. The van der Waals surface area contributed by atoms with Crippen molar-refractivity contribution in [2.75, 3.05) is 6.61 Å². The van der Waals surface area contributed by atoms with Gasteiger partial charge in [-0.1, -0.05) is 18.2 Å². The molecule has 28 heavy (non-hydrogen) atoms. The van der Waals surface area contributed by atoms with Gasteiger partial charge < -0.3 is 9.72 Å². The molecule has 3 rings (SSSR count). The van der Waals surface area contributed by atoms with Crippen LogP contribution in [0.5, 0.6) is 0 Å². The predicted molar refractivity (Wildman–Crippen MR) is 112 cm³/mol. The Labute approximate surface area is 170 Å². The summed E-state index contributed by atoms with van der Waals surface area (Å²) in [7, 11) is 0. The van der Waals surface area contributed by atoms with Gasteiger partial charge >= 0.3 is 5.97 Å². The van der Waals surface area contributed by atoms with Crippen LogP contribution in [0.15, 0.2) is 29.1 Å². The number of H-pyrrole nitrogens is 1. The van der Waals surface area contributed by atoms with Crippen LogP contribution in [0.25, 0.3) is 10.2 Å². The van der Waals surface area contributed by atoms with Gasteiger partial charge in [0.15, 0.2) is 0 Å². The lowest BCUT2D eigenvalue weighted by molar-refractivity contribution is 0.0531. The highest BCUT2D eigenvalue weighted by Gasteiger charge is 2.21. The molecule has 0 fully saturated rings. The van der Waals surface area contributed by atoms with E-state index in [0.717, 1.165) is 5.56 Å². The van der Waals surface area contributed by atoms with Gasteiger partial charge in [0.05, 0.1) is 28.9 Å². The van der Waals surface area contributed by atoms with Gasteiger partial charge in [-0.3, -0.25) is 4.79 Å². The van der Waals surface area contributed by atoms with Gasteiger partial charge in [0.2, 0.25) is 0 Å². The Morgan fingerprint density at radius 3 is 2.89 bits per heavy atom. The van der Waals surface area contributed by atoms with Crippen LogP contribution < -0.4 is 5.56 Å². The van der Waals surface area contributed by atoms with Crippen molar-refractivity contribution in [1.82, 2.24) is 9.97 Å². The number of hydrogen-bond donors (Lipinski definition) is 1. The number of nitrogens with zero attached hydrogens (tertiary/aromatic N) is 2. The Kier molecular flexibility index (Phi) is 6.17. The average molecular weight is 414 g/mol. The molecule has 2 heterocycles. The number of aryl methyl sites for hydroxylation is 1. The number of aromatic amines is 1. The first-order valence-electron chi connectivity index (χ1n) is 8.76. The van der Waals surface area contributed by atoms with E-state index in [2.05, 4.69) is 16.0 Å². The Morgan fingerprint density at radius 2 is 2.18 bits per heavy atom. The first-order chi connectivity index (χ1) is 13.5. The smallest absolute Gasteiger partial charge is 0.348 e. The van der Waals surface area contributed by atoms with Crippen molar-refractivity contribution in [3.8, 4) is 6.07 Å². The minimum absolute atomic E-state index is 0.0858. The third kappa shape index (κ3) is 3.96. The number of thiophene rings is 1. The van der Waals surface area contributed by atoms with Crippen molar-refractivity contribution in [1.29, 1.82) is 5.26 Å². The minimum atomic E-state index is -0.431. The van der Waals surface area contributed by atoms with Crippen molar-refractivity contribution in [3.05, 3.63) is 62.0 Å². The van der Waals surface area contributed by atoms with Crippen LogP contribution in [-0.2, 0) is 10.5 Å². The maximum absolute atomic E-state index is 12.6. The highest BCUT2D eigenvalue weighted by atomic mass is 32.2. The van der Waals surface area contributed by atoms with Crippen LogP contribution in [0.4, 0.5) is 0 Å². The molecule has 0 spiro atoms. The molecule has 6 nitrogen and oxygen atoms in total. The maximum Gasteiger partial charge on any atom is 0.348 e. The fraction of sp³-hybridized carbons (Fsp3) is 0.300. The standard InChI is InChI=1S/C20H19N3O3S2/c1-4-26-20(25)16-11(2)15-18(24)22-17(23-19(15)28-16)12(3)27-10-14-8-6-5-7-13(14)9-21/h5-8,12H,4,10H2,1-3H3,(H,22,23,24)/t12-/m0/s1. The zero-order chi connectivity index (χ0) is 20.3. The summed E-state index contributed by atoms with van der Waals surface area (Å²) in [6.45, 7) is 5.71. The van der Waals surface area contributed by atoms with Crippen LogP contribution in [0.3, 0.4) is 0 Å². The summed E-state index contributed by atoms with van der Waals surface area (Å²) in [5.41, 5.74) is 1.94. The van der Waals surface area contributed by atoms with Crippen molar-refractivity contribution < 1.29 is 9.53 Å². The lowest BCUT2D eigenvalue weighted by atomic mass is 10.1. The predicted octanol–water partition coefficient (Wildman–Crippen LogP) is 4.34. The van der Waals surface area contributed by atoms with E-state index in [1.807, 2.05) is 25.1 Å². The monoisotopic (exact) mass is 413 g/mol. The van der Waals surface area contributed by atoms with E-state index in [-0.39, 0.29) is 17.4 Å². The van der Waals surface area contributed by atoms with Crippen molar-refractivity contribution in [2.45, 2.75) is 31.8 Å². The molecule has 0 radical (unpaired) electrons. The Hall–Kier alpha value is -2.63. The molecule has 3 aromatic rings. The summed E-state index contributed by atoms with van der Waals surface area (Å²) >= 11 is 2.76. The van der Waals surface area contributed by atoms with Crippen LogP contribution in [0.1, 0.15) is 51.3 Å². The molecule has 0 saturated carbocycles. The fourth-order valence-corrected chi connectivity index (χ4v) is 4.83. The van der Waals surface area contributed by atoms with E-state index in [0.29, 0.717) is 37.8 Å². The molecule has 2 aromatic heterocycles. The molecule has 8 heteroatoms. The number of ether oxygens (including phenoxy) is 1. The molecular weight excluding hydrogens is 394 g/mol. The van der Waals surface area contributed by atoms with E-state index in [1.54, 1.807) is 31.7 Å². The van der Waals surface area contributed by atoms with Crippen molar-refractivity contribution >= 4 is 39.3 Å². The Morgan fingerprint density at radius 1 is 1.43 bits per heavy atom. The number of carbonyl (C=O) groups excluding carboxylic acids is 1. The molecule has 0 aliphatic carbocycles. The summed E-state index contributed by atoms with van der Waals surface area (Å²) < 4.78 is 5.07. The number of nitrogens with one attached hydrogen (secondary N) is 1. The molecule has 0 bridgehead atoms. The molecule has 144 valence electrons.